The fourth-order valence-corrected chi connectivity index (χ4v) is 2.57. The highest BCUT2D eigenvalue weighted by molar-refractivity contribution is 5.67. The van der Waals surface area contributed by atoms with E-state index in [0.29, 0.717) is 13.2 Å². The summed E-state index contributed by atoms with van der Waals surface area (Å²) in [5, 5.41) is 2.79. The molecule has 0 aromatic heterocycles. The van der Waals surface area contributed by atoms with E-state index in [9.17, 15) is 4.79 Å². The summed E-state index contributed by atoms with van der Waals surface area (Å²) in [5.74, 6) is 0. The van der Waals surface area contributed by atoms with Gasteiger partial charge in [0.05, 0.1) is 13.2 Å². The molecule has 1 unspecified atom stereocenters. The van der Waals surface area contributed by atoms with Gasteiger partial charge in [-0.15, -0.1) is 0 Å². The molecule has 6 heteroatoms. The number of amides is 1. The van der Waals surface area contributed by atoms with Gasteiger partial charge in [0.1, 0.15) is 11.2 Å². The first-order valence-electron chi connectivity index (χ1n) is 7.30. The third-order valence-corrected chi connectivity index (χ3v) is 3.49. The number of hydrogen-bond acceptors (Lipinski definition) is 5. The van der Waals surface area contributed by atoms with Crippen LogP contribution in [0.1, 0.15) is 27.2 Å². The summed E-state index contributed by atoms with van der Waals surface area (Å²) in [6.45, 7) is 11.0. The zero-order chi connectivity index (χ0) is 14.6. The molecule has 1 amide bonds. The number of morpholine rings is 1. The molecular formula is C14H26N2O4. The van der Waals surface area contributed by atoms with Crippen LogP contribution in [0.3, 0.4) is 0 Å². The maximum Gasteiger partial charge on any atom is 0.407 e. The molecule has 6 nitrogen and oxygen atoms in total. The molecule has 2 fully saturated rings. The van der Waals surface area contributed by atoms with Crippen molar-refractivity contribution in [3.63, 3.8) is 0 Å². The van der Waals surface area contributed by atoms with Gasteiger partial charge in [-0.3, -0.25) is 4.90 Å². The molecule has 0 aromatic rings. The van der Waals surface area contributed by atoms with Gasteiger partial charge < -0.3 is 19.5 Å². The van der Waals surface area contributed by atoms with E-state index in [1.165, 1.54) is 0 Å². The number of rotatable bonds is 3. The van der Waals surface area contributed by atoms with E-state index in [1.807, 2.05) is 20.8 Å². The van der Waals surface area contributed by atoms with E-state index >= 15 is 0 Å². The minimum Gasteiger partial charge on any atom is -0.444 e. The lowest BCUT2D eigenvalue weighted by atomic mass is 10.0. The van der Waals surface area contributed by atoms with Crippen LogP contribution in [0.4, 0.5) is 4.79 Å². The molecule has 1 N–H and O–H groups in total. The first-order chi connectivity index (χ1) is 9.39. The average Bonchev–Trinajstić information content (AvgIpc) is 2.75. The van der Waals surface area contributed by atoms with Crippen molar-refractivity contribution < 1.29 is 19.0 Å². The van der Waals surface area contributed by atoms with Gasteiger partial charge in [-0.2, -0.15) is 0 Å². The lowest BCUT2D eigenvalue weighted by Gasteiger charge is -2.39. The predicted molar refractivity (Wildman–Crippen MR) is 74.8 cm³/mol. The van der Waals surface area contributed by atoms with Gasteiger partial charge in [0.15, 0.2) is 0 Å². The molecule has 0 radical (unpaired) electrons. The van der Waals surface area contributed by atoms with Crippen molar-refractivity contribution in [2.45, 2.75) is 38.4 Å². The third-order valence-electron chi connectivity index (χ3n) is 3.49. The van der Waals surface area contributed by atoms with Gasteiger partial charge in [0, 0.05) is 39.2 Å². The fraction of sp³-hybridized carbons (Fsp3) is 0.929. The Bertz CT molecular complexity index is 335. The largest absolute Gasteiger partial charge is 0.444 e. The van der Waals surface area contributed by atoms with E-state index in [1.54, 1.807) is 0 Å². The summed E-state index contributed by atoms with van der Waals surface area (Å²) in [6, 6.07) is 0. The van der Waals surface area contributed by atoms with Gasteiger partial charge >= 0.3 is 6.09 Å². The second-order valence-electron chi connectivity index (χ2n) is 6.54. The van der Waals surface area contributed by atoms with Crippen LogP contribution in [0.15, 0.2) is 0 Å². The summed E-state index contributed by atoms with van der Waals surface area (Å²) in [7, 11) is 0. The smallest absolute Gasteiger partial charge is 0.407 e. The predicted octanol–water partition coefficient (Wildman–Crippen LogP) is 1.00. The first kappa shape index (κ1) is 15.5. The summed E-state index contributed by atoms with van der Waals surface area (Å²) in [6.07, 6.45) is 0.605. The molecule has 1 atom stereocenters. The molecular weight excluding hydrogens is 260 g/mol. The summed E-state index contributed by atoms with van der Waals surface area (Å²) >= 11 is 0. The van der Waals surface area contributed by atoms with Gasteiger partial charge in [-0.1, -0.05) is 0 Å². The van der Waals surface area contributed by atoms with Gasteiger partial charge in [0.2, 0.25) is 0 Å². The topological polar surface area (TPSA) is 60.0 Å². The standard InChI is InChI=1S/C14H26N2O4/c1-13(2,3)20-12(17)15-5-6-16-7-9-19-14(10-16)4-8-18-11-14/h4-11H2,1-3H3,(H,15,17). The van der Waals surface area contributed by atoms with E-state index in [-0.39, 0.29) is 11.7 Å². The minimum absolute atomic E-state index is 0.121. The summed E-state index contributed by atoms with van der Waals surface area (Å²) in [4.78, 5) is 13.9. The number of hydrogen-bond donors (Lipinski definition) is 1. The maximum atomic E-state index is 11.6. The average molecular weight is 286 g/mol. The van der Waals surface area contributed by atoms with E-state index in [4.69, 9.17) is 14.2 Å². The molecule has 2 aliphatic rings. The lowest BCUT2D eigenvalue weighted by Crippen LogP contribution is -2.53. The Morgan fingerprint density at radius 2 is 2.20 bits per heavy atom. The summed E-state index contributed by atoms with van der Waals surface area (Å²) < 4.78 is 16.5. The molecule has 1 spiro atoms. The Hall–Kier alpha value is -0.850. The number of nitrogens with zero attached hydrogens (tertiary/aromatic N) is 1. The highest BCUT2D eigenvalue weighted by atomic mass is 16.6. The molecule has 2 saturated heterocycles. The van der Waals surface area contributed by atoms with E-state index in [0.717, 1.165) is 39.3 Å². The van der Waals surface area contributed by atoms with Crippen molar-refractivity contribution in [2.24, 2.45) is 0 Å². The molecule has 2 aliphatic heterocycles. The number of carbonyl (C=O) groups is 1. The molecule has 116 valence electrons. The second-order valence-corrected chi connectivity index (χ2v) is 6.54. The monoisotopic (exact) mass is 286 g/mol. The quantitative estimate of drug-likeness (QED) is 0.839. The van der Waals surface area contributed by atoms with E-state index in [2.05, 4.69) is 10.2 Å². The van der Waals surface area contributed by atoms with Crippen LogP contribution in [-0.4, -0.2) is 68.2 Å². The van der Waals surface area contributed by atoms with E-state index < -0.39 is 5.60 Å². The van der Waals surface area contributed by atoms with Crippen LogP contribution in [0.25, 0.3) is 0 Å². The van der Waals surface area contributed by atoms with Crippen molar-refractivity contribution in [3.8, 4) is 0 Å². The normalized spacial score (nSPS) is 27.8. The van der Waals surface area contributed by atoms with Crippen molar-refractivity contribution in [1.82, 2.24) is 10.2 Å². The van der Waals surface area contributed by atoms with Crippen LogP contribution in [0.5, 0.6) is 0 Å². The molecule has 0 saturated carbocycles. The van der Waals surface area contributed by atoms with Gasteiger partial charge in [-0.25, -0.2) is 4.79 Å². The Balaban J connectivity index is 1.68. The van der Waals surface area contributed by atoms with Crippen molar-refractivity contribution in [1.29, 1.82) is 0 Å². The fourth-order valence-electron chi connectivity index (χ4n) is 2.57. The van der Waals surface area contributed by atoms with Crippen molar-refractivity contribution >= 4 is 6.09 Å². The van der Waals surface area contributed by atoms with Crippen LogP contribution in [-0.2, 0) is 14.2 Å². The molecule has 0 aromatic carbocycles. The number of alkyl carbamates (subject to hydrolysis) is 1. The zero-order valence-electron chi connectivity index (χ0n) is 12.7. The SMILES string of the molecule is CC(C)(C)OC(=O)NCCN1CCOC2(CCOC2)C1. The zero-order valence-corrected chi connectivity index (χ0v) is 12.7. The van der Waals surface area contributed by atoms with Gasteiger partial charge in [-0.05, 0) is 20.8 Å². The number of carbonyl (C=O) groups excluding carboxylic acids is 1. The molecule has 20 heavy (non-hydrogen) atoms. The minimum atomic E-state index is -0.450. The first-order valence-corrected chi connectivity index (χ1v) is 7.30. The molecule has 2 rings (SSSR count). The molecule has 0 bridgehead atoms. The molecule has 2 heterocycles. The Morgan fingerprint density at radius 3 is 2.85 bits per heavy atom. The Kier molecular flexibility index (Phi) is 4.88. The second kappa shape index (κ2) is 6.28. The highest BCUT2D eigenvalue weighted by Gasteiger charge is 2.40. The van der Waals surface area contributed by atoms with Crippen LogP contribution >= 0.6 is 0 Å². The summed E-state index contributed by atoms with van der Waals surface area (Å²) in [5.41, 5.74) is -0.571. The van der Waals surface area contributed by atoms with Crippen molar-refractivity contribution in [2.75, 3.05) is 46.0 Å². The number of nitrogens with one attached hydrogen (secondary N) is 1. The number of ether oxygens (including phenoxy) is 3. The Morgan fingerprint density at radius 1 is 1.40 bits per heavy atom. The molecule has 0 aliphatic carbocycles. The van der Waals surface area contributed by atoms with Crippen LogP contribution < -0.4 is 5.32 Å². The highest BCUT2D eigenvalue weighted by Crippen LogP contribution is 2.27. The maximum absolute atomic E-state index is 11.6. The van der Waals surface area contributed by atoms with Crippen molar-refractivity contribution in [3.05, 3.63) is 0 Å². The lowest BCUT2D eigenvalue weighted by molar-refractivity contribution is -0.108. The Labute approximate surface area is 120 Å². The van der Waals surface area contributed by atoms with Gasteiger partial charge in [0.25, 0.3) is 0 Å². The van der Waals surface area contributed by atoms with Crippen LogP contribution in [0.2, 0.25) is 0 Å². The van der Waals surface area contributed by atoms with Crippen LogP contribution in [0, 0.1) is 0 Å². The third kappa shape index (κ3) is 4.61.